The standard InChI is InChI=1S/C16H23NO4/c1-19-14-7-5-13(6-8-14)16(18)17-9-3-10-20-12-15-4-2-11-21-15/h5-8,15H,2-4,9-12H2,1H3,(H,17,18). The van der Waals surface area contributed by atoms with E-state index in [0.29, 0.717) is 25.3 Å². The Balaban J connectivity index is 1.55. The van der Waals surface area contributed by atoms with E-state index in [1.54, 1.807) is 31.4 Å². The quantitative estimate of drug-likeness (QED) is 0.745. The number of rotatable bonds is 8. The van der Waals surface area contributed by atoms with Crippen molar-refractivity contribution >= 4 is 5.91 Å². The number of ether oxygens (including phenoxy) is 3. The first-order valence-corrected chi connectivity index (χ1v) is 7.41. The summed E-state index contributed by atoms with van der Waals surface area (Å²) in [6, 6.07) is 7.06. The summed E-state index contributed by atoms with van der Waals surface area (Å²) in [7, 11) is 1.60. The predicted octanol–water partition coefficient (Wildman–Crippen LogP) is 2.01. The molecule has 1 atom stereocenters. The van der Waals surface area contributed by atoms with Gasteiger partial charge in [0.25, 0.3) is 5.91 Å². The molecule has 5 heteroatoms. The van der Waals surface area contributed by atoms with Gasteiger partial charge >= 0.3 is 0 Å². The van der Waals surface area contributed by atoms with Gasteiger partial charge in [-0.15, -0.1) is 0 Å². The highest BCUT2D eigenvalue weighted by Crippen LogP contribution is 2.12. The average Bonchev–Trinajstić information content (AvgIpc) is 3.04. The highest BCUT2D eigenvalue weighted by molar-refractivity contribution is 5.94. The lowest BCUT2D eigenvalue weighted by atomic mass is 10.2. The molecule has 1 amide bonds. The van der Waals surface area contributed by atoms with E-state index < -0.39 is 0 Å². The summed E-state index contributed by atoms with van der Waals surface area (Å²) < 4.78 is 16.1. The first kappa shape index (κ1) is 15.8. The van der Waals surface area contributed by atoms with Crippen LogP contribution in [-0.4, -0.2) is 45.5 Å². The minimum Gasteiger partial charge on any atom is -0.497 e. The topological polar surface area (TPSA) is 56.8 Å². The molecule has 1 unspecified atom stereocenters. The zero-order valence-corrected chi connectivity index (χ0v) is 12.5. The van der Waals surface area contributed by atoms with Gasteiger partial charge in [-0.1, -0.05) is 0 Å². The predicted molar refractivity (Wildman–Crippen MR) is 79.7 cm³/mol. The first-order chi connectivity index (χ1) is 10.3. The molecule has 1 saturated heterocycles. The average molecular weight is 293 g/mol. The lowest BCUT2D eigenvalue weighted by molar-refractivity contribution is 0.0166. The Morgan fingerprint density at radius 3 is 2.86 bits per heavy atom. The Labute approximate surface area is 125 Å². The van der Waals surface area contributed by atoms with Crippen LogP contribution in [0.3, 0.4) is 0 Å². The van der Waals surface area contributed by atoms with Crippen molar-refractivity contribution in [2.45, 2.75) is 25.4 Å². The Morgan fingerprint density at radius 1 is 1.38 bits per heavy atom. The number of hydrogen-bond donors (Lipinski definition) is 1. The maximum absolute atomic E-state index is 11.9. The van der Waals surface area contributed by atoms with Crippen LogP contribution in [0, 0.1) is 0 Å². The Bertz CT molecular complexity index is 426. The summed E-state index contributed by atoms with van der Waals surface area (Å²) >= 11 is 0. The van der Waals surface area contributed by atoms with Gasteiger partial charge < -0.3 is 19.5 Å². The van der Waals surface area contributed by atoms with Crippen LogP contribution in [0.5, 0.6) is 5.75 Å². The summed E-state index contributed by atoms with van der Waals surface area (Å²) in [6.45, 7) is 2.76. The van der Waals surface area contributed by atoms with Gasteiger partial charge in [0.05, 0.1) is 19.8 Å². The van der Waals surface area contributed by atoms with Gasteiger partial charge in [-0.05, 0) is 43.5 Å². The molecular weight excluding hydrogens is 270 g/mol. The molecule has 0 radical (unpaired) electrons. The van der Waals surface area contributed by atoms with Gasteiger partial charge in [0.15, 0.2) is 0 Å². The van der Waals surface area contributed by atoms with E-state index in [2.05, 4.69) is 5.32 Å². The molecule has 1 N–H and O–H groups in total. The largest absolute Gasteiger partial charge is 0.497 e. The number of carbonyl (C=O) groups is 1. The molecule has 1 aliphatic rings. The van der Waals surface area contributed by atoms with E-state index in [4.69, 9.17) is 14.2 Å². The van der Waals surface area contributed by atoms with Crippen LogP contribution in [0.1, 0.15) is 29.6 Å². The van der Waals surface area contributed by atoms with E-state index >= 15 is 0 Å². The number of amides is 1. The molecule has 21 heavy (non-hydrogen) atoms. The zero-order valence-electron chi connectivity index (χ0n) is 12.5. The van der Waals surface area contributed by atoms with Crippen molar-refractivity contribution in [3.05, 3.63) is 29.8 Å². The van der Waals surface area contributed by atoms with E-state index in [1.165, 1.54) is 0 Å². The van der Waals surface area contributed by atoms with Crippen molar-refractivity contribution in [2.24, 2.45) is 0 Å². The molecule has 0 spiro atoms. The molecule has 0 aromatic heterocycles. The number of nitrogens with one attached hydrogen (secondary N) is 1. The summed E-state index contributed by atoms with van der Waals surface area (Å²) in [5.41, 5.74) is 0.635. The molecule has 1 aliphatic heterocycles. The van der Waals surface area contributed by atoms with Crippen LogP contribution in [0.25, 0.3) is 0 Å². The molecular formula is C16H23NO4. The molecule has 1 heterocycles. The third kappa shape index (κ3) is 5.36. The van der Waals surface area contributed by atoms with Crippen molar-refractivity contribution in [2.75, 3.05) is 33.5 Å². The van der Waals surface area contributed by atoms with Gasteiger partial charge in [0.1, 0.15) is 5.75 Å². The van der Waals surface area contributed by atoms with Crippen LogP contribution in [0.4, 0.5) is 0 Å². The van der Waals surface area contributed by atoms with Crippen molar-refractivity contribution in [1.82, 2.24) is 5.32 Å². The third-order valence-electron chi connectivity index (χ3n) is 3.43. The maximum Gasteiger partial charge on any atom is 0.251 e. The molecule has 116 valence electrons. The molecule has 0 saturated carbocycles. The second kappa shape index (κ2) is 8.64. The Kier molecular flexibility index (Phi) is 6.50. The molecule has 1 aromatic rings. The lowest BCUT2D eigenvalue weighted by Crippen LogP contribution is -2.25. The first-order valence-electron chi connectivity index (χ1n) is 7.41. The highest BCUT2D eigenvalue weighted by Gasteiger charge is 2.14. The van der Waals surface area contributed by atoms with Crippen molar-refractivity contribution in [3.8, 4) is 5.75 Å². The smallest absolute Gasteiger partial charge is 0.251 e. The fraction of sp³-hybridized carbons (Fsp3) is 0.562. The highest BCUT2D eigenvalue weighted by atomic mass is 16.5. The maximum atomic E-state index is 11.9. The van der Waals surface area contributed by atoms with E-state index in [9.17, 15) is 4.79 Å². The molecule has 2 rings (SSSR count). The number of methoxy groups -OCH3 is 1. The van der Waals surface area contributed by atoms with E-state index in [1.807, 2.05) is 0 Å². The van der Waals surface area contributed by atoms with Gasteiger partial charge in [0.2, 0.25) is 0 Å². The summed E-state index contributed by atoms with van der Waals surface area (Å²) in [6.07, 6.45) is 3.29. The van der Waals surface area contributed by atoms with Crippen molar-refractivity contribution < 1.29 is 19.0 Å². The normalized spacial score (nSPS) is 17.7. The molecule has 5 nitrogen and oxygen atoms in total. The zero-order chi connectivity index (χ0) is 14.9. The molecule has 1 aromatic carbocycles. The van der Waals surface area contributed by atoms with Crippen LogP contribution in [0.2, 0.25) is 0 Å². The fourth-order valence-corrected chi connectivity index (χ4v) is 2.21. The van der Waals surface area contributed by atoms with Gasteiger partial charge in [0, 0.05) is 25.3 Å². The van der Waals surface area contributed by atoms with E-state index in [0.717, 1.165) is 31.6 Å². The SMILES string of the molecule is COc1ccc(C(=O)NCCCOCC2CCCO2)cc1. The minimum absolute atomic E-state index is 0.0724. The number of carbonyl (C=O) groups excluding carboxylic acids is 1. The van der Waals surface area contributed by atoms with Crippen molar-refractivity contribution in [1.29, 1.82) is 0 Å². The van der Waals surface area contributed by atoms with Crippen molar-refractivity contribution in [3.63, 3.8) is 0 Å². The summed E-state index contributed by atoms with van der Waals surface area (Å²) in [5, 5.41) is 2.87. The second-order valence-corrected chi connectivity index (χ2v) is 5.05. The third-order valence-corrected chi connectivity index (χ3v) is 3.43. The number of hydrogen-bond acceptors (Lipinski definition) is 4. The molecule has 0 aliphatic carbocycles. The van der Waals surface area contributed by atoms with Crippen LogP contribution in [0.15, 0.2) is 24.3 Å². The Hall–Kier alpha value is -1.59. The number of benzene rings is 1. The van der Waals surface area contributed by atoms with Gasteiger partial charge in [-0.2, -0.15) is 0 Å². The van der Waals surface area contributed by atoms with Crippen LogP contribution in [-0.2, 0) is 9.47 Å². The van der Waals surface area contributed by atoms with Crippen LogP contribution < -0.4 is 10.1 Å². The molecule has 1 fully saturated rings. The Morgan fingerprint density at radius 2 is 2.19 bits per heavy atom. The van der Waals surface area contributed by atoms with Crippen LogP contribution >= 0.6 is 0 Å². The summed E-state index contributed by atoms with van der Waals surface area (Å²) in [5.74, 6) is 0.672. The van der Waals surface area contributed by atoms with Gasteiger partial charge in [-0.25, -0.2) is 0 Å². The van der Waals surface area contributed by atoms with E-state index in [-0.39, 0.29) is 12.0 Å². The minimum atomic E-state index is -0.0724. The van der Waals surface area contributed by atoms with Gasteiger partial charge in [-0.3, -0.25) is 4.79 Å². The summed E-state index contributed by atoms with van der Waals surface area (Å²) in [4.78, 5) is 11.9. The fourth-order valence-electron chi connectivity index (χ4n) is 2.21. The second-order valence-electron chi connectivity index (χ2n) is 5.05. The molecule has 0 bridgehead atoms. The lowest BCUT2D eigenvalue weighted by Gasteiger charge is -2.10. The monoisotopic (exact) mass is 293 g/mol.